The molecule has 0 aliphatic rings. The van der Waals surface area contributed by atoms with Crippen LogP contribution in [-0.4, -0.2) is 41.8 Å². The number of aliphatic hydroxyl groups is 1. The van der Waals surface area contributed by atoms with Gasteiger partial charge in [-0.3, -0.25) is 0 Å². The van der Waals surface area contributed by atoms with Gasteiger partial charge in [-0.1, -0.05) is 29.3 Å². The molecular weight excluding hydrogens is 299 g/mol. The van der Waals surface area contributed by atoms with Gasteiger partial charge in [-0.25, -0.2) is 4.79 Å². The van der Waals surface area contributed by atoms with Gasteiger partial charge in [-0.05, 0) is 38.0 Å². The van der Waals surface area contributed by atoms with E-state index in [0.29, 0.717) is 16.5 Å². The maximum absolute atomic E-state index is 11.9. The lowest BCUT2D eigenvalue weighted by Gasteiger charge is -2.23. The number of hydrogen-bond acceptors (Lipinski definition) is 2. The van der Waals surface area contributed by atoms with Crippen LogP contribution in [0.1, 0.15) is 19.4 Å². The molecule has 0 aromatic heterocycles. The van der Waals surface area contributed by atoms with Crippen molar-refractivity contribution in [2.75, 3.05) is 13.6 Å². The predicted molar refractivity (Wildman–Crippen MR) is 82.5 cm³/mol. The van der Waals surface area contributed by atoms with Crippen molar-refractivity contribution in [1.29, 1.82) is 0 Å². The fourth-order valence-corrected chi connectivity index (χ4v) is 2.44. The second-order valence-electron chi connectivity index (χ2n) is 4.98. The molecule has 0 heterocycles. The average Bonchev–Trinajstić information content (AvgIpc) is 2.33. The molecule has 112 valence electrons. The lowest BCUT2D eigenvalue weighted by atomic mass is 10.1. The number of amides is 2. The molecule has 2 N–H and O–H groups in total. The summed E-state index contributed by atoms with van der Waals surface area (Å²) in [5, 5.41) is 13.3. The topological polar surface area (TPSA) is 52.6 Å². The van der Waals surface area contributed by atoms with Crippen LogP contribution in [0.2, 0.25) is 10.0 Å². The molecule has 0 bridgehead atoms. The summed E-state index contributed by atoms with van der Waals surface area (Å²) < 4.78 is 0. The SMILES string of the molecule is CC(O)CN(C)C(=O)NC(C)Cc1c(Cl)cccc1Cl. The first-order valence-electron chi connectivity index (χ1n) is 6.43. The van der Waals surface area contributed by atoms with Gasteiger partial charge in [0.25, 0.3) is 0 Å². The Morgan fingerprint density at radius 1 is 1.35 bits per heavy atom. The number of halogens is 2. The molecule has 0 saturated carbocycles. The van der Waals surface area contributed by atoms with E-state index in [1.807, 2.05) is 6.92 Å². The number of hydrogen-bond donors (Lipinski definition) is 2. The zero-order valence-corrected chi connectivity index (χ0v) is 13.4. The van der Waals surface area contributed by atoms with Gasteiger partial charge in [-0.15, -0.1) is 0 Å². The van der Waals surface area contributed by atoms with E-state index >= 15 is 0 Å². The normalized spacial score (nSPS) is 13.7. The Morgan fingerprint density at radius 3 is 2.40 bits per heavy atom. The number of nitrogens with zero attached hydrogens (tertiary/aromatic N) is 1. The van der Waals surface area contributed by atoms with Gasteiger partial charge in [0.05, 0.1) is 6.10 Å². The quantitative estimate of drug-likeness (QED) is 0.877. The summed E-state index contributed by atoms with van der Waals surface area (Å²) >= 11 is 12.2. The van der Waals surface area contributed by atoms with E-state index < -0.39 is 6.10 Å². The van der Waals surface area contributed by atoms with E-state index in [1.54, 1.807) is 32.2 Å². The molecule has 0 spiro atoms. The third-order valence-corrected chi connectivity index (χ3v) is 3.53. The van der Waals surface area contributed by atoms with Gasteiger partial charge in [0.1, 0.15) is 0 Å². The Labute approximate surface area is 129 Å². The van der Waals surface area contributed by atoms with Crippen LogP contribution in [0.3, 0.4) is 0 Å². The highest BCUT2D eigenvalue weighted by atomic mass is 35.5. The van der Waals surface area contributed by atoms with Crippen LogP contribution < -0.4 is 5.32 Å². The van der Waals surface area contributed by atoms with Crippen LogP contribution in [0.25, 0.3) is 0 Å². The number of urea groups is 1. The van der Waals surface area contributed by atoms with Gasteiger partial charge >= 0.3 is 6.03 Å². The second-order valence-corrected chi connectivity index (χ2v) is 5.80. The first-order chi connectivity index (χ1) is 9.31. The number of carbonyl (C=O) groups is 1. The summed E-state index contributed by atoms with van der Waals surface area (Å²) in [7, 11) is 1.64. The Kier molecular flexibility index (Phi) is 6.59. The first kappa shape index (κ1) is 17.1. The molecule has 0 saturated heterocycles. The maximum Gasteiger partial charge on any atom is 0.317 e. The standard InChI is InChI=1S/C14H20Cl2N2O2/c1-9(17-14(20)18(3)8-10(2)19)7-11-12(15)5-4-6-13(11)16/h4-6,9-10,19H,7-8H2,1-3H3,(H,17,20). The minimum absolute atomic E-state index is 0.114. The molecule has 1 aromatic rings. The monoisotopic (exact) mass is 318 g/mol. The third-order valence-electron chi connectivity index (χ3n) is 2.83. The smallest absolute Gasteiger partial charge is 0.317 e. The zero-order valence-electron chi connectivity index (χ0n) is 11.9. The van der Waals surface area contributed by atoms with E-state index in [9.17, 15) is 9.90 Å². The molecule has 0 fully saturated rings. The highest BCUT2D eigenvalue weighted by molar-refractivity contribution is 6.36. The van der Waals surface area contributed by atoms with Gasteiger partial charge in [0.2, 0.25) is 0 Å². The summed E-state index contributed by atoms with van der Waals surface area (Å²) in [5.41, 5.74) is 0.821. The van der Waals surface area contributed by atoms with E-state index in [1.165, 1.54) is 4.90 Å². The number of benzene rings is 1. The molecule has 4 nitrogen and oxygen atoms in total. The molecule has 2 unspecified atom stereocenters. The molecule has 6 heteroatoms. The third kappa shape index (κ3) is 5.19. The Bertz CT molecular complexity index is 446. The highest BCUT2D eigenvalue weighted by Gasteiger charge is 2.15. The van der Waals surface area contributed by atoms with Crippen molar-refractivity contribution in [3.8, 4) is 0 Å². The van der Waals surface area contributed by atoms with Gasteiger partial charge < -0.3 is 15.3 Å². The van der Waals surface area contributed by atoms with Crippen LogP contribution in [0.5, 0.6) is 0 Å². The van der Waals surface area contributed by atoms with E-state index in [4.69, 9.17) is 23.2 Å². The fraction of sp³-hybridized carbons (Fsp3) is 0.500. The summed E-state index contributed by atoms with van der Waals surface area (Å²) in [6, 6.07) is 4.99. The van der Waals surface area contributed by atoms with Crippen molar-refractivity contribution in [2.45, 2.75) is 32.4 Å². The highest BCUT2D eigenvalue weighted by Crippen LogP contribution is 2.25. The minimum Gasteiger partial charge on any atom is -0.392 e. The van der Waals surface area contributed by atoms with Gasteiger partial charge in [-0.2, -0.15) is 0 Å². The van der Waals surface area contributed by atoms with Crippen LogP contribution >= 0.6 is 23.2 Å². The molecule has 0 aliphatic carbocycles. The van der Waals surface area contributed by atoms with Crippen molar-refractivity contribution in [2.24, 2.45) is 0 Å². The largest absolute Gasteiger partial charge is 0.392 e. The number of rotatable bonds is 5. The fourth-order valence-electron chi connectivity index (χ4n) is 1.88. The molecule has 20 heavy (non-hydrogen) atoms. The summed E-state index contributed by atoms with van der Waals surface area (Å²) in [5.74, 6) is 0. The van der Waals surface area contributed by atoms with E-state index in [-0.39, 0.29) is 18.6 Å². The van der Waals surface area contributed by atoms with Crippen LogP contribution in [0.4, 0.5) is 4.79 Å². The van der Waals surface area contributed by atoms with Crippen LogP contribution in [-0.2, 0) is 6.42 Å². The zero-order chi connectivity index (χ0) is 15.3. The van der Waals surface area contributed by atoms with Crippen molar-refractivity contribution in [3.05, 3.63) is 33.8 Å². The van der Waals surface area contributed by atoms with Crippen LogP contribution in [0, 0.1) is 0 Å². The molecule has 1 aromatic carbocycles. The molecule has 0 aliphatic heterocycles. The molecule has 2 atom stereocenters. The second kappa shape index (κ2) is 7.72. The van der Waals surface area contributed by atoms with Crippen molar-refractivity contribution >= 4 is 29.2 Å². The lowest BCUT2D eigenvalue weighted by Crippen LogP contribution is -2.44. The summed E-state index contributed by atoms with van der Waals surface area (Å²) in [6.45, 7) is 3.80. The summed E-state index contributed by atoms with van der Waals surface area (Å²) in [6.07, 6.45) is -0.00804. The maximum atomic E-state index is 11.9. The van der Waals surface area contributed by atoms with E-state index in [2.05, 4.69) is 5.32 Å². The van der Waals surface area contributed by atoms with Crippen molar-refractivity contribution in [1.82, 2.24) is 10.2 Å². The Balaban J connectivity index is 2.59. The van der Waals surface area contributed by atoms with Crippen molar-refractivity contribution in [3.63, 3.8) is 0 Å². The lowest BCUT2D eigenvalue weighted by molar-refractivity contribution is 0.142. The van der Waals surface area contributed by atoms with Crippen molar-refractivity contribution < 1.29 is 9.90 Å². The van der Waals surface area contributed by atoms with Gasteiger partial charge in [0, 0.05) is 29.7 Å². The number of likely N-dealkylation sites (N-methyl/N-ethyl adjacent to an activating group) is 1. The molecule has 1 rings (SSSR count). The predicted octanol–water partition coefficient (Wildman–Crippen LogP) is 2.95. The summed E-state index contributed by atoms with van der Waals surface area (Å²) in [4.78, 5) is 13.3. The number of nitrogens with one attached hydrogen (secondary N) is 1. The van der Waals surface area contributed by atoms with Gasteiger partial charge in [0.15, 0.2) is 0 Å². The average molecular weight is 319 g/mol. The number of aliphatic hydroxyl groups excluding tert-OH is 1. The van der Waals surface area contributed by atoms with Crippen LogP contribution in [0.15, 0.2) is 18.2 Å². The molecule has 0 radical (unpaired) electrons. The van der Waals surface area contributed by atoms with E-state index in [0.717, 1.165) is 5.56 Å². The Hall–Kier alpha value is -0.970. The molecule has 2 amide bonds. The Morgan fingerprint density at radius 2 is 1.90 bits per heavy atom. The minimum atomic E-state index is -0.556. The number of carbonyl (C=O) groups excluding carboxylic acids is 1. The molecular formula is C14H20Cl2N2O2. The first-order valence-corrected chi connectivity index (χ1v) is 7.19.